The van der Waals surface area contributed by atoms with Crippen LogP contribution in [0.25, 0.3) is 11.0 Å². The number of unbranched alkanes of at least 4 members (excludes halogenated alkanes) is 2. The molecule has 0 spiro atoms. The average molecular weight is 436 g/mol. The minimum atomic E-state index is 0.0505. The van der Waals surface area contributed by atoms with Crippen molar-refractivity contribution in [3.8, 4) is 5.75 Å². The van der Waals surface area contributed by atoms with Gasteiger partial charge < -0.3 is 14.6 Å². The number of aryl methyl sites for hydroxylation is 3. The zero-order valence-corrected chi connectivity index (χ0v) is 19.8. The Balaban J connectivity index is 1.49. The summed E-state index contributed by atoms with van der Waals surface area (Å²) >= 11 is 0. The van der Waals surface area contributed by atoms with Crippen molar-refractivity contribution in [1.29, 1.82) is 0 Å². The van der Waals surface area contributed by atoms with Crippen molar-refractivity contribution in [2.75, 3.05) is 13.2 Å². The number of hydrogen-bond acceptors (Lipinski definition) is 3. The second-order valence-corrected chi connectivity index (χ2v) is 8.62. The molecule has 0 atom stereocenters. The summed E-state index contributed by atoms with van der Waals surface area (Å²) in [5.41, 5.74) is 3.58. The topological polar surface area (TPSA) is 56.1 Å². The van der Waals surface area contributed by atoms with E-state index in [0.717, 1.165) is 68.7 Å². The third kappa shape index (κ3) is 6.84. The number of carbonyl (C=O) groups excluding carboxylic acids is 1. The normalized spacial score (nSPS) is 11.2. The van der Waals surface area contributed by atoms with E-state index in [4.69, 9.17) is 9.72 Å². The highest BCUT2D eigenvalue weighted by atomic mass is 16.5. The second kappa shape index (κ2) is 12.3. The molecule has 0 aliphatic carbocycles. The van der Waals surface area contributed by atoms with Crippen LogP contribution in [0.1, 0.15) is 57.8 Å². The van der Waals surface area contributed by atoms with Crippen LogP contribution in [0.15, 0.2) is 48.5 Å². The van der Waals surface area contributed by atoms with Crippen molar-refractivity contribution in [3.63, 3.8) is 0 Å². The monoisotopic (exact) mass is 435 g/mol. The Hall–Kier alpha value is -2.82. The lowest BCUT2D eigenvalue weighted by molar-refractivity contribution is -0.123. The van der Waals surface area contributed by atoms with Crippen LogP contribution >= 0.6 is 0 Å². The summed E-state index contributed by atoms with van der Waals surface area (Å²) in [5.74, 6) is 2.26. The molecule has 0 unspecified atom stereocenters. The van der Waals surface area contributed by atoms with Gasteiger partial charge in [0.2, 0.25) is 5.91 Å². The number of fused-ring (bicyclic) bond motifs is 1. The SMILES string of the molecule is CCc1ccc(OCCCn2c(CCCCCNC(=O)C(C)C)nc3ccccc32)cc1. The Morgan fingerprint density at radius 3 is 2.56 bits per heavy atom. The van der Waals surface area contributed by atoms with Crippen molar-refractivity contribution < 1.29 is 9.53 Å². The van der Waals surface area contributed by atoms with E-state index < -0.39 is 0 Å². The van der Waals surface area contributed by atoms with Crippen LogP contribution in [0.4, 0.5) is 0 Å². The molecular weight excluding hydrogens is 398 g/mol. The lowest BCUT2D eigenvalue weighted by Crippen LogP contribution is -2.28. The van der Waals surface area contributed by atoms with Crippen molar-refractivity contribution >= 4 is 16.9 Å². The molecule has 1 amide bonds. The number of imidazole rings is 1. The highest BCUT2D eigenvalue weighted by Crippen LogP contribution is 2.19. The molecule has 0 bridgehead atoms. The molecule has 0 fully saturated rings. The van der Waals surface area contributed by atoms with E-state index in [-0.39, 0.29) is 11.8 Å². The van der Waals surface area contributed by atoms with E-state index in [1.807, 2.05) is 19.9 Å². The number of hydrogen-bond donors (Lipinski definition) is 1. The van der Waals surface area contributed by atoms with Crippen molar-refractivity contribution in [1.82, 2.24) is 14.9 Å². The first kappa shape index (κ1) is 23.8. The van der Waals surface area contributed by atoms with Crippen LogP contribution in [-0.2, 0) is 24.2 Å². The summed E-state index contributed by atoms with van der Waals surface area (Å²) in [6.45, 7) is 8.34. The van der Waals surface area contributed by atoms with Crippen LogP contribution < -0.4 is 10.1 Å². The van der Waals surface area contributed by atoms with Gasteiger partial charge in [0.15, 0.2) is 0 Å². The van der Waals surface area contributed by atoms with Gasteiger partial charge in [-0.15, -0.1) is 0 Å². The van der Waals surface area contributed by atoms with Gasteiger partial charge in [-0.05, 0) is 55.5 Å². The first-order valence-corrected chi connectivity index (χ1v) is 12.0. The Bertz CT molecular complexity index is 976. The van der Waals surface area contributed by atoms with E-state index in [9.17, 15) is 4.79 Å². The molecule has 3 rings (SSSR count). The Labute approximate surface area is 192 Å². The van der Waals surface area contributed by atoms with Crippen molar-refractivity contribution in [2.45, 2.75) is 65.8 Å². The third-order valence-electron chi connectivity index (χ3n) is 5.76. The van der Waals surface area contributed by atoms with E-state index in [0.29, 0.717) is 6.61 Å². The molecule has 1 heterocycles. The molecule has 172 valence electrons. The standard InChI is InChI=1S/C27H37N3O2/c1-4-22-14-16-23(17-15-22)32-20-10-19-30-25-12-8-7-11-24(25)29-26(30)13-6-5-9-18-28-27(31)21(2)3/h7-8,11-12,14-17,21H,4-6,9-10,13,18-20H2,1-3H3,(H,28,31). The van der Waals surface area contributed by atoms with Gasteiger partial charge in [0.05, 0.1) is 17.6 Å². The fourth-order valence-electron chi connectivity index (χ4n) is 3.80. The molecule has 1 aromatic heterocycles. The largest absolute Gasteiger partial charge is 0.494 e. The third-order valence-corrected chi connectivity index (χ3v) is 5.76. The molecule has 0 radical (unpaired) electrons. The fraction of sp³-hybridized carbons (Fsp3) is 0.481. The summed E-state index contributed by atoms with van der Waals surface area (Å²) in [6, 6.07) is 16.7. The average Bonchev–Trinajstić information content (AvgIpc) is 3.16. The van der Waals surface area contributed by atoms with Crippen LogP contribution in [-0.4, -0.2) is 28.6 Å². The summed E-state index contributed by atoms with van der Waals surface area (Å²) in [5, 5.41) is 2.99. The quantitative estimate of drug-likeness (QED) is 0.358. The molecule has 0 saturated carbocycles. The summed E-state index contributed by atoms with van der Waals surface area (Å²) in [7, 11) is 0. The highest BCUT2D eigenvalue weighted by Gasteiger charge is 2.10. The van der Waals surface area contributed by atoms with Crippen molar-refractivity contribution in [3.05, 3.63) is 59.9 Å². The minimum absolute atomic E-state index is 0.0505. The van der Waals surface area contributed by atoms with Crippen molar-refractivity contribution in [2.24, 2.45) is 5.92 Å². The molecule has 3 aromatic rings. The molecule has 5 heteroatoms. The number of benzene rings is 2. The number of nitrogens with zero attached hydrogens (tertiary/aromatic N) is 2. The Kier molecular flexibility index (Phi) is 9.14. The Morgan fingerprint density at radius 2 is 1.81 bits per heavy atom. The van der Waals surface area contributed by atoms with Gasteiger partial charge in [0.1, 0.15) is 11.6 Å². The first-order valence-electron chi connectivity index (χ1n) is 12.0. The van der Waals surface area contributed by atoms with Crippen LogP contribution in [0.5, 0.6) is 5.75 Å². The van der Waals surface area contributed by atoms with E-state index in [1.54, 1.807) is 0 Å². The molecule has 5 nitrogen and oxygen atoms in total. The summed E-state index contributed by atoms with van der Waals surface area (Å²) in [4.78, 5) is 16.5. The number of carbonyl (C=O) groups is 1. The van der Waals surface area contributed by atoms with Gasteiger partial charge in [0, 0.05) is 25.4 Å². The van der Waals surface area contributed by atoms with Gasteiger partial charge in [0.25, 0.3) is 0 Å². The maximum Gasteiger partial charge on any atom is 0.222 e. The molecule has 2 aromatic carbocycles. The first-order chi connectivity index (χ1) is 15.6. The number of nitrogens with one attached hydrogen (secondary N) is 1. The lowest BCUT2D eigenvalue weighted by Gasteiger charge is -2.11. The van der Waals surface area contributed by atoms with Gasteiger partial charge in [-0.25, -0.2) is 4.98 Å². The van der Waals surface area contributed by atoms with Crippen LogP contribution in [0.2, 0.25) is 0 Å². The fourth-order valence-corrected chi connectivity index (χ4v) is 3.80. The number of amides is 1. The predicted molar refractivity (Wildman–Crippen MR) is 131 cm³/mol. The number of aromatic nitrogens is 2. The van der Waals surface area contributed by atoms with Gasteiger partial charge in [-0.2, -0.15) is 0 Å². The second-order valence-electron chi connectivity index (χ2n) is 8.62. The summed E-state index contributed by atoms with van der Waals surface area (Å²) < 4.78 is 8.30. The van der Waals surface area contributed by atoms with E-state index in [2.05, 4.69) is 59.3 Å². The molecule has 1 N–H and O–H groups in total. The molecule has 32 heavy (non-hydrogen) atoms. The maximum atomic E-state index is 11.7. The smallest absolute Gasteiger partial charge is 0.222 e. The molecular formula is C27H37N3O2. The number of rotatable bonds is 13. The van der Waals surface area contributed by atoms with Gasteiger partial charge in [-0.3, -0.25) is 4.79 Å². The van der Waals surface area contributed by atoms with Crippen LogP contribution in [0, 0.1) is 5.92 Å². The number of para-hydroxylation sites is 2. The van der Waals surface area contributed by atoms with E-state index in [1.165, 1.54) is 11.1 Å². The zero-order chi connectivity index (χ0) is 22.8. The molecule has 0 saturated heterocycles. The zero-order valence-electron chi connectivity index (χ0n) is 19.8. The lowest BCUT2D eigenvalue weighted by atomic mass is 10.1. The van der Waals surface area contributed by atoms with Crippen LogP contribution in [0.3, 0.4) is 0 Å². The summed E-state index contributed by atoms with van der Waals surface area (Å²) in [6.07, 6.45) is 6.09. The Morgan fingerprint density at radius 1 is 1.03 bits per heavy atom. The maximum absolute atomic E-state index is 11.7. The van der Waals surface area contributed by atoms with Gasteiger partial charge >= 0.3 is 0 Å². The van der Waals surface area contributed by atoms with Gasteiger partial charge in [-0.1, -0.05) is 51.5 Å². The minimum Gasteiger partial charge on any atom is -0.494 e. The van der Waals surface area contributed by atoms with E-state index >= 15 is 0 Å². The number of ether oxygens (including phenoxy) is 1. The predicted octanol–water partition coefficient (Wildman–Crippen LogP) is 5.55. The highest BCUT2D eigenvalue weighted by molar-refractivity contribution is 5.77. The molecule has 0 aliphatic rings. The molecule has 0 aliphatic heterocycles.